The SMILES string of the molecule is CC(C)(CNC(=O)c1ccc(Cl)c(NS(C)(=O)=O)c1)c1ccccc1. The minimum Gasteiger partial charge on any atom is -0.351 e. The predicted octanol–water partition coefficient (Wildman–Crippen LogP) is 3.42. The van der Waals surface area contributed by atoms with Crippen LogP contribution in [0.4, 0.5) is 5.69 Å². The molecule has 0 spiro atoms. The number of amides is 1. The largest absolute Gasteiger partial charge is 0.351 e. The lowest BCUT2D eigenvalue weighted by Gasteiger charge is -2.25. The highest BCUT2D eigenvalue weighted by Gasteiger charge is 2.21. The Morgan fingerprint density at radius 1 is 1.12 bits per heavy atom. The van der Waals surface area contributed by atoms with Crippen molar-refractivity contribution < 1.29 is 13.2 Å². The minimum absolute atomic E-state index is 0.180. The first-order valence-corrected chi connectivity index (χ1v) is 9.96. The highest BCUT2D eigenvalue weighted by Crippen LogP contribution is 2.25. The molecule has 0 unspecified atom stereocenters. The summed E-state index contributed by atoms with van der Waals surface area (Å²) >= 11 is 5.98. The zero-order valence-electron chi connectivity index (χ0n) is 14.3. The topological polar surface area (TPSA) is 75.3 Å². The second kappa shape index (κ2) is 7.45. The summed E-state index contributed by atoms with van der Waals surface area (Å²) in [5.74, 6) is -0.294. The predicted molar refractivity (Wildman–Crippen MR) is 102 cm³/mol. The lowest BCUT2D eigenvalue weighted by Crippen LogP contribution is -2.36. The Hall–Kier alpha value is -2.05. The van der Waals surface area contributed by atoms with E-state index in [2.05, 4.69) is 10.0 Å². The van der Waals surface area contributed by atoms with Crippen molar-refractivity contribution in [2.45, 2.75) is 19.3 Å². The van der Waals surface area contributed by atoms with Crippen molar-refractivity contribution in [2.24, 2.45) is 0 Å². The molecule has 2 N–H and O–H groups in total. The van der Waals surface area contributed by atoms with Crippen LogP contribution in [-0.2, 0) is 15.4 Å². The molecule has 2 rings (SSSR count). The molecule has 0 aliphatic carbocycles. The fraction of sp³-hybridized carbons (Fsp3) is 0.278. The maximum atomic E-state index is 12.4. The van der Waals surface area contributed by atoms with Crippen molar-refractivity contribution in [1.29, 1.82) is 0 Å². The summed E-state index contributed by atoms with van der Waals surface area (Å²) in [4.78, 5) is 12.4. The van der Waals surface area contributed by atoms with Crippen LogP contribution in [0.15, 0.2) is 48.5 Å². The molecular formula is C18H21ClN2O3S. The van der Waals surface area contributed by atoms with Crippen LogP contribution in [0.2, 0.25) is 5.02 Å². The zero-order chi connectivity index (χ0) is 18.7. The molecular weight excluding hydrogens is 360 g/mol. The van der Waals surface area contributed by atoms with E-state index < -0.39 is 10.0 Å². The maximum absolute atomic E-state index is 12.4. The van der Waals surface area contributed by atoms with E-state index in [1.807, 2.05) is 44.2 Å². The summed E-state index contributed by atoms with van der Waals surface area (Å²) in [5, 5.41) is 3.12. The van der Waals surface area contributed by atoms with Crippen molar-refractivity contribution in [3.05, 3.63) is 64.7 Å². The Morgan fingerprint density at radius 3 is 2.36 bits per heavy atom. The first-order valence-electron chi connectivity index (χ1n) is 7.69. The molecule has 0 saturated carbocycles. The maximum Gasteiger partial charge on any atom is 0.251 e. The van der Waals surface area contributed by atoms with Gasteiger partial charge in [-0.1, -0.05) is 55.8 Å². The summed E-state index contributed by atoms with van der Waals surface area (Å²) in [6.07, 6.45) is 1.03. The Balaban J connectivity index is 2.12. The number of hydrogen-bond acceptors (Lipinski definition) is 3. The third kappa shape index (κ3) is 5.47. The Kier molecular flexibility index (Phi) is 5.75. The van der Waals surface area contributed by atoms with Gasteiger partial charge in [-0.25, -0.2) is 8.42 Å². The molecule has 25 heavy (non-hydrogen) atoms. The Bertz CT molecular complexity index is 865. The molecule has 0 aliphatic heterocycles. The molecule has 0 heterocycles. The van der Waals surface area contributed by atoms with Crippen molar-refractivity contribution in [1.82, 2.24) is 5.32 Å². The van der Waals surface area contributed by atoms with Crippen LogP contribution in [-0.4, -0.2) is 27.1 Å². The number of carbonyl (C=O) groups is 1. The van der Waals surface area contributed by atoms with Crippen LogP contribution in [0.25, 0.3) is 0 Å². The third-order valence-corrected chi connectivity index (χ3v) is 4.69. The zero-order valence-corrected chi connectivity index (χ0v) is 15.9. The van der Waals surface area contributed by atoms with E-state index in [0.29, 0.717) is 12.1 Å². The van der Waals surface area contributed by atoms with Gasteiger partial charge in [0, 0.05) is 17.5 Å². The number of carbonyl (C=O) groups excluding carboxylic acids is 1. The van der Waals surface area contributed by atoms with E-state index in [1.165, 1.54) is 12.1 Å². The Labute approximate surface area is 153 Å². The molecule has 0 bridgehead atoms. The van der Waals surface area contributed by atoms with Crippen LogP contribution in [0, 0.1) is 0 Å². The third-order valence-electron chi connectivity index (χ3n) is 3.77. The Morgan fingerprint density at radius 2 is 1.76 bits per heavy atom. The van der Waals surface area contributed by atoms with Gasteiger partial charge in [-0.15, -0.1) is 0 Å². The monoisotopic (exact) mass is 380 g/mol. The number of hydrogen-bond donors (Lipinski definition) is 2. The molecule has 0 fully saturated rings. The standard InChI is InChI=1S/C18H21ClN2O3S/c1-18(2,14-7-5-4-6-8-14)12-20-17(22)13-9-10-15(19)16(11-13)21-25(3,23)24/h4-11,21H,12H2,1-3H3,(H,20,22). The number of benzene rings is 2. The summed E-state index contributed by atoms with van der Waals surface area (Å²) < 4.78 is 25.1. The normalized spacial score (nSPS) is 11.8. The summed E-state index contributed by atoms with van der Waals surface area (Å²) in [7, 11) is -3.48. The molecule has 0 radical (unpaired) electrons. The fourth-order valence-corrected chi connectivity index (χ4v) is 3.13. The van der Waals surface area contributed by atoms with Gasteiger partial charge in [0.2, 0.25) is 10.0 Å². The second-order valence-electron chi connectivity index (χ2n) is 6.50. The van der Waals surface area contributed by atoms with E-state index in [4.69, 9.17) is 11.6 Å². The fourth-order valence-electron chi connectivity index (χ4n) is 2.34. The number of rotatable bonds is 6. The summed E-state index contributed by atoms with van der Waals surface area (Å²) in [6.45, 7) is 4.52. The van der Waals surface area contributed by atoms with Crippen LogP contribution in [0.5, 0.6) is 0 Å². The van der Waals surface area contributed by atoms with Gasteiger partial charge in [-0.2, -0.15) is 0 Å². The van der Waals surface area contributed by atoms with Gasteiger partial charge in [0.15, 0.2) is 0 Å². The number of nitrogens with one attached hydrogen (secondary N) is 2. The van der Waals surface area contributed by atoms with E-state index in [9.17, 15) is 13.2 Å². The molecule has 2 aromatic carbocycles. The van der Waals surface area contributed by atoms with Crippen molar-refractivity contribution in [3.8, 4) is 0 Å². The van der Waals surface area contributed by atoms with E-state index >= 15 is 0 Å². The highest BCUT2D eigenvalue weighted by atomic mass is 35.5. The van der Waals surface area contributed by atoms with Gasteiger partial charge in [-0.05, 0) is 23.8 Å². The molecule has 0 atom stereocenters. The molecule has 134 valence electrons. The van der Waals surface area contributed by atoms with Gasteiger partial charge in [-0.3, -0.25) is 9.52 Å². The number of anilines is 1. The molecule has 2 aromatic rings. The summed E-state index contributed by atoms with van der Waals surface area (Å²) in [5.41, 5.74) is 1.39. The molecule has 5 nitrogen and oxygen atoms in total. The van der Waals surface area contributed by atoms with E-state index in [1.54, 1.807) is 6.07 Å². The molecule has 7 heteroatoms. The van der Waals surface area contributed by atoms with Crippen molar-refractivity contribution >= 4 is 33.2 Å². The quantitative estimate of drug-likeness (QED) is 0.806. The van der Waals surface area contributed by atoms with Gasteiger partial charge in [0.25, 0.3) is 5.91 Å². The lowest BCUT2D eigenvalue weighted by molar-refractivity contribution is 0.0945. The molecule has 0 aromatic heterocycles. The molecule has 0 aliphatic rings. The van der Waals surface area contributed by atoms with Crippen LogP contribution >= 0.6 is 11.6 Å². The second-order valence-corrected chi connectivity index (χ2v) is 8.66. The van der Waals surface area contributed by atoms with Crippen LogP contribution in [0.3, 0.4) is 0 Å². The van der Waals surface area contributed by atoms with Crippen molar-refractivity contribution in [3.63, 3.8) is 0 Å². The smallest absolute Gasteiger partial charge is 0.251 e. The average molecular weight is 381 g/mol. The summed E-state index contributed by atoms with van der Waals surface area (Å²) in [6, 6.07) is 14.4. The van der Waals surface area contributed by atoms with Crippen LogP contribution < -0.4 is 10.0 Å². The van der Waals surface area contributed by atoms with Crippen molar-refractivity contribution in [2.75, 3.05) is 17.5 Å². The van der Waals surface area contributed by atoms with Gasteiger partial charge in [0.1, 0.15) is 0 Å². The lowest BCUT2D eigenvalue weighted by atomic mass is 9.84. The highest BCUT2D eigenvalue weighted by molar-refractivity contribution is 7.92. The van der Waals surface area contributed by atoms with E-state index in [0.717, 1.165) is 11.8 Å². The minimum atomic E-state index is -3.48. The first kappa shape index (κ1) is 19.3. The van der Waals surface area contributed by atoms with Gasteiger partial charge in [0.05, 0.1) is 17.0 Å². The van der Waals surface area contributed by atoms with Gasteiger partial charge < -0.3 is 5.32 Å². The van der Waals surface area contributed by atoms with Crippen LogP contribution in [0.1, 0.15) is 29.8 Å². The average Bonchev–Trinajstić information content (AvgIpc) is 2.54. The van der Waals surface area contributed by atoms with E-state index in [-0.39, 0.29) is 22.0 Å². The number of halogens is 1. The first-order chi connectivity index (χ1) is 11.6. The van der Waals surface area contributed by atoms with Gasteiger partial charge >= 0.3 is 0 Å². The molecule has 1 amide bonds. The molecule has 0 saturated heterocycles. The number of sulfonamides is 1.